The average molecular weight is 553 g/mol. The molecular formula is C32H38F6O. The molecule has 39 heavy (non-hydrogen) atoms. The Kier molecular flexibility index (Phi) is 8.54. The molecule has 214 valence electrons. The highest BCUT2D eigenvalue weighted by molar-refractivity contribution is 5.30. The second-order valence-electron chi connectivity index (χ2n) is 12.3. The summed E-state index contributed by atoms with van der Waals surface area (Å²) in [5.41, 5.74) is 1.94. The third kappa shape index (κ3) is 6.43. The van der Waals surface area contributed by atoms with E-state index < -0.39 is 35.2 Å². The van der Waals surface area contributed by atoms with Crippen molar-refractivity contribution in [2.45, 2.75) is 102 Å². The van der Waals surface area contributed by atoms with E-state index in [2.05, 4.69) is 17.7 Å². The Labute approximate surface area is 227 Å². The van der Waals surface area contributed by atoms with E-state index in [1.807, 2.05) is 6.07 Å². The summed E-state index contributed by atoms with van der Waals surface area (Å²) in [7, 11) is 0. The van der Waals surface area contributed by atoms with Crippen LogP contribution in [0.25, 0.3) is 0 Å². The Balaban J connectivity index is 1.11. The van der Waals surface area contributed by atoms with Gasteiger partial charge in [-0.2, -0.15) is 8.78 Å². The van der Waals surface area contributed by atoms with Crippen molar-refractivity contribution in [2.75, 3.05) is 0 Å². The van der Waals surface area contributed by atoms with E-state index in [9.17, 15) is 22.0 Å². The summed E-state index contributed by atoms with van der Waals surface area (Å²) in [4.78, 5) is 0. The van der Waals surface area contributed by atoms with Crippen LogP contribution in [-0.4, -0.2) is 6.11 Å². The molecule has 3 saturated carbocycles. The number of ether oxygens (including phenoxy) is 1. The Bertz CT molecular complexity index is 1100. The molecule has 0 amide bonds. The third-order valence-electron chi connectivity index (χ3n) is 9.85. The summed E-state index contributed by atoms with van der Waals surface area (Å²) in [5, 5.41) is 0. The smallest absolute Gasteiger partial charge is 0.400 e. The maximum Gasteiger partial charge on any atom is 0.400 e. The summed E-state index contributed by atoms with van der Waals surface area (Å²) in [6.45, 7) is 2.29. The molecule has 7 heteroatoms. The average Bonchev–Trinajstić information content (AvgIpc) is 2.92. The summed E-state index contributed by atoms with van der Waals surface area (Å²) < 4.78 is 89.3. The first-order valence-electron chi connectivity index (χ1n) is 14.6. The molecule has 3 aliphatic carbocycles. The Morgan fingerprint density at radius 3 is 1.74 bits per heavy atom. The molecule has 0 N–H and O–H groups in total. The highest BCUT2D eigenvalue weighted by Gasteiger charge is 2.45. The van der Waals surface area contributed by atoms with Gasteiger partial charge >= 0.3 is 6.11 Å². The van der Waals surface area contributed by atoms with E-state index in [0.717, 1.165) is 55.6 Å². The molecule has 0 aliphatic heterocycles. The van der Waals surface area contributed by atoms with Crippen LogP contribution in [0.2, 0.25) is 0 Å². The number of benzene rings is 2. The van der Waals surface area contributed by atoms with Crippen LogP contribution in [0.15, 0.2) is 30.3 Å². The predicted molar refractivity (Wildman–Crippen MR) is 139 cm³/mol. The fraction of sp³-hybridized carbons (Fsp3) is 0.625. The maximum atomic E-state index is 15.1. The quantitative estimate of drug-likeness (QED) is 0.256. The van der Waals surface area contributed by atoms with Crippen molar-refractivity contribution in [1.29, 1.82) is 0 Å². The van der Waals surface area contributed by atoms with Crippen LogP contribution in [0.5, 0.6) is 5.75 Å². The van der Waals surface area contributed by atoms with Gasteiger partial charge in [-0.1, -0.05) is 31.9 Å². The molecule has 2 aromatic rings. The van der Waals surface area contributed by atoms with Gasteiger partial charge in [0.2, 0.25) is 0 Å². The largest absolute Gasteiger partial charge is 0.432 e. The molecule has 2 aromatic carbocycles. The van der Waals surface area contributed by atoms with Gasteiger partial charge in [0.15, 0.2) is 17.5 Å². The van der Waals surface area contributed by atoms with Crippen LogP contribution in [0.3, 0.4) is 0 Å². The van der Waals surface area contributed by atoms with Crippen molar-refractivity contribution in [1.82, 2.24) is 0 Å². The lowest BCUT2D eigenvalue weighted by molar-refractivity contribution is -0.224. The van der Waals surface area contributed by atoms with Crippen LogP contribution >= 0.6 is 0 Å². The number of rotatable bonds is 6. The highest BCUT2D eigenvalue weighted by Crippen LogP contribution is 2.47. The van der Waals surface area contributed by atoms with Crippen molar-refractivity contribution < 1.29 is 31.1 Å². The van der Waals surface area contributed by atoms with E-state index in [0.29, 0.717) is 42.7 Å². The summed E-state index contributed by atoms with van der Waals surface area (Å²) >= 11 is 0. The van der Waals surface area contributed by atoms with Gasteiger partial charge < -0.3 is 4.74 Å². The van der Waals surface area contributed by atoms with Crippen LogP contribution in [0.1, 0.15) is 107 Å². The maximum absolute atomic E-state index is 15.1. The first-order valence-corrected chi connectivity index (χ1v) is 14.6. The van der Waals surface area contributed by atoms with Crippen molar-refractivity contribution >= 4 is 0 Å². The molecule has 3 fully saturated rings. The van der Waals surface area contributed by atoms with Crippen molar-refractivity contribution in [3.8, 4) is 5.75 Å². The Morgan fingerprint density at radius 2 is 1.18 bits per heavy atom. The monoisotopic (exact) mass is 552 g/mol. The zero-order valence-electron chi connectivity index (χ0n) is 22.5. The molecule has 0 bridgehead atoms. The van der Waals surface area contributed by atoms with Gasteiger partial charge in [-0.25, -0.2) is 17.6 Å². The lowest BCUT2D eigenvalue weighted by atomic mass is 9.68. The van der Waals surface area contributed by atoms with Crippen molar-refractivity contribution in [3.63, 3.8) is 0 Å². The SMILES string of the molecule is CC1CCC(c2ccc(C3CCC(C4CCC(C(F)(F)Oc5cc(F)c(F)c(F)c5)CC4)CC3)c(F)c2)CC1. The Morgan fingerprint density at radius 1 is 0.641 bits per heavy atom. The predicted octanol–water partition coefficient (Wildman–Crippen LogP) is 10.3. The van der Waals surface area contributed by atoms with Crippen LogP contribution in [0.4, 0.5) is 26.3 Å². The minimum absolute atomic E-state index is 0.0850. The van der Waals surface area contributed by atoms with Crippen molar-refractivity contribution in [2.24, 2.45) is 23.7 Å². The van der Waals surface area contributed by atoms with E-state index in [4.69, 9.17) is 0 Å². The molecule has 0 unspecified atom stereocenters. The number of alkyl halides is 2. The minimum atomic E-state index is -3.60. The second kappa shape index (κ2) is 11.7. The summed E-state index contributed by atoms with van der Waals surface area (Å²) in [6.07, 6.45) is 6.58. The topological polar surface area (TPSA) is 9.23 Å². The zero-order valence-corrected chi connectivity index (χ0v) is 22.5. The number of halogens is 6. The van der Waals surface area contributed by atoms with Crippen LogP contribution in [-0.2, 0) is 0 Å². The Hall–Kier alpha value is -2.18. The third-order valence-corrected chi connectivity index (χ3v) is 9.85. The summed E-state index contributed by atoms with van der Waals surface area (Å²) in [5.74, 6) is -4.51. The molecule has 0 radical (unpaired) electrons. The van der Waals surface area contributed by atoms with E-state index in [1.54, 1.807) is 6.07 Å². The van der Waals surface area contributed by atoms with Gasteiger partial charge in [0.05, 0.1) is 5.92 Å². The molecule has 5 rings (SSSR count). The molecule has 0 heterocycles. The van der Waals surface area contributed by atoms with E-state index in [-0.39, 0.29) is 24.6 Å². The zero-order chi connectivity index (χ0) is 27.7. The molecular weight excluding hydrogens is 514 g/mol. The van der Waals surface area contributed by atoms with Crippen LogP contribution in [0, 0.1) is 46.9 Å². The minimum Gasteiger partial charge on any atom is -0.432 e. The van der Waals surface area contributed by atoms with Gasteiger partial charge in [0.1, 0.15) is 11.6 Å². The molecule has 0 saturated heterocycles. The first kappa shape index (κ1) is 28.4. The lowest BCUT2D eigenvalue weighted by Crippen LogP contribution is -2.38. The highest BCUT2D eigenvalue weighted by atomic mass is 19.3. The van der Waals surface area contributed by atoms with Gasteiger partial charge in [-0.3, -0.25) is 0 Å². The first-order chi connectivity index (χ1) is 18.6. The number of hydrogen-bond acceptors (Lipinski definition) is 1. The van der Waals surface area contributed by atoms with Gasteiger partial charge in [0.25, 0.3) is 0 Å². The number of hydrogen-bond donors (Lipinski definition) is 0. The van der Waals surface area contributed by atoms with E-state index in [1.165, 1.54) is 12.8 Å². The molecule has 0 atom stereocenters. The standard InChI is InChI=1S/C32H38F6O/c1-19-2-4-22(5-3-19)24-12-15-27(28(33)16-24)23-8-6-20(7-9-23)21-10-13-25(14-11-21)32(37,38)39-26-17-29(34)31(36)30(35)18-26/h12,15-23,25H,2-11,13-14H2,1H3. The second-order valence-corrected chi connectivity index (χ2v) is 12.3. The molecule has 0 aromatic heterocycles. The molecule has 3 aliphatic rings. The van der Waals surface area contributed by atoms with Crippen molar-refractivity contribution in [3.05, 3.63) is 64.7 Å². The van der Waals surface area contributed by atoms with Gasteiger partial charge in [0, 0.05) is 12.1 Å². The summed E-state index contributed by atoms with van der Waals surface area (Å²) in [6, 6.07) is 6.79. The van der Waals surface area contributed by atoms with Gasteiger partial charge in [-0.15, -0.1) is 0 Å². The normalized spacial score (nSPS) is 30.2. The fourth-order valence-electron chi connectivity index (χ4n) is 7.38. The van der Waals surface area contributed by atoms with Crippen LogP contribution < -0.4 is 4.74 Å². The fourth-order valence-corrected chi connectivity index (χ4v) is 7.38. The molecule has 0 spiro atoms. The lowest BCUT2D eigenvalue weighted by Gasteiger charge is -2.39. The molecule has 1 nitrogen and oxygen atoms in total. The van der Waals surface area contributed by atoms with Gasteiger partial charge in [-0.05, 0) is 111 Å². The van der Waals surface area contributed by atoms with E-state index >= 15 is 4.39 Å².